The average Bonchev–Trinajstić information content (AvgIpc) is 3.28. The smallest absolute Gasteiger partial charge is 0.147 e. The first-order chi connectivity index (χ1) is 13.4. The van der Waals surface area contributed by atoms with Gasteiger partial charge in [0.2, 0.25) is 0 Å². The van der Waals surface area contributed by atoms with Gasteiger partial charge in [0.25, 0.3) is 0 Å². The zero-order valence-corrected chi connectivity index (χ0v) is 23.1. The molecular formula is C27H34Cl2Zr. The number of hydrogen-bond donors (Lipinski definition) is 0. The van der Waals surface area contributed by atoms with Gasteiger partial charge < -0.3 is 0 Å². The van der Waals surface area contributed by atoms with Crippen LogP contribution in [0, 0.1) is 0 Å². The van der Waals surface area contributed by atoms with E-state index in [4.69, 9.17) is 0 Å². The standard InChI is InChI=1S/C19H21.C5H5.C3H6.2ClH.Zr/c1-12(2)14-5-7-18-16(9-14)11-17-10-15(13(3)4)6-8-19(17)18;1-2-4-5-3-1;1-3-2;;;/h5-9,12-13H,11H2,1-4H3;1-3H,4H2;1-2H3;2*1H;. The van der Waals surface area contributed by atoms with E-state index >= 15 is 0 Å². The number of benzene rings is 2. The third-order valence-electron chi connectivity index (χ3n) is 6.26. The molecule has 0 heterocycles. The molecule has 0 saturated carbocycles. The predicted molar refractivity (Wildman–Crippen MR) is 135 cm³/mol. The fourth-order valence-corrected chi connectivity index (χ4v) is 12.8. The van der Waals surface area contributed by atoms with Crippen LogP contribution < -0.4 is 3.27 Å². The van der Waals surface area contributed by atoms with E-state index in [0.717, 1.165) is 6.42 Å². The molecule has 2 aromatic rings. The fourth-order valence-electron chi connectivity index (χ4n) is 4.81. The Hall–Kier alpha value is -0.747. The molecule has 4 rings (SSSR count). The zero-order chi connectivity index (χ0) is 20.0. The van der Waals surface area contributed by atoms with Crippen molar-refractivity contribution in [1.29, 1.82) is 0 Å². The van der Waals surface area contributed by atoms with Crippen LogP contribution >= 0.6 is 24.8 Å². The molecule has 3 heteroatoms. The van der Waals surface area contributed by atoms with E-state index in [1.165, 1.54) is 23.1 Å². The van der Waals surface area contributed by atoms with Gasteiger partial charge in [0.1, 0.15) is 0 Å². The summed E-state index contributed by atoms with van der Waals surface area (Å²) in [5, 5.41) is 0. The van der Waals surface area contributed by atoms with E-state index in [0.29, 0.717) is 11.8 Å². The third kappa shape index (κ3) is 4.55. The Labute approximate surface area is 202 Å². The van der Waals surface area contributed by atoms with Crippen LogP contribution in [0.25, 0.3) is 11.1 Å². The molecule has 160 valence electrons. The second-order valence-corrected chi connectivity index (χ2v) is 16.3. The molecule has 0 saturated heterocycles. The molecule has 0 spiro atoms. The number of halogens is 2. The van der Waals surface area contributed by atoms with E-state index in [2.05, 4.69) is 90.1 Å². The van der Waals surface area contributed by atoms with Crippen molar-refractivity contribution in [3.05, 3.63) is 74.1 Å². The molecule has 0 fully saturated rings. The van der Waals surface area contributed by atoms with Gasteiger partial charge in [-0.15, -0.1) is 24.8 Å². The minimum Gasteiger partial charge on any atom is -0.147 e. The Kier molecular flexibility index (Phi) is 8.71. The topological polar surface area (TPSA) is 0 Å². The predicted octanol–water partition coefficient (Wildman–Crippen LogP) is 7.65. The summed E-state index contributed by atoms with van der Waals surface area (Å²) < 4.78 is 5.23. The zero-order valence-electron chi connectivity index (χ0n) is 19.0. The van der Waals surface area contributed by atoms with Crippen molar-refractivity contribution in [3.8, 4) is 11.1 Å². The largest absolute Gasteiger partial charge is 0.147 e. The van der Waals surface area contributed by atoms with Gasteiger partial charge in [0, 0.05) is 0 Å². The summed E-state index contributed by atoms with van der Waals surface area (Å²) in [4.78, 5) is 0. The summed E-state index contributed by atoms with van der Waals surface area (Å²) in [6.45, 7) is 14.1. The second-order valence-electron chi connectivity index (χ2n) is 9.16. The van der Waals surface area contributed by atoms with Gasteiger partial charge in [-0.2, -0.15) is 0 Å². The minimum absolute atomic E-state index is 0. The molecule has 0 unspecified atom stereocenters. The Morgan fingerprint density at radius 3 is 2.17 bits per heavy atom. The summed E-state index contributed by atoms with van der Waals surface area (Å²) in [7, 11) is 0. The molecule has 0 aromatic heterocycles. The van der Waals surface area contributed by atoms with Gasteiger partial charge in [0.05, 0.1) is 0 Å². The number of rotatable bonds is 4. The van der Waals surface area contributed by atoms with Crippen LogP contribution in [-0.2, 0) is 27.7 Å². The van der Waals surface area contributed by atoms with Crippen molar-refractivity contribution in [2.75, 3.05) is 0 Å². The summed E-state index contributed by atoms with van der Waals surface area (Å²) in [6, 6.07) is 12.1. The molecule has 0 atom stereocenters. The molecule has 30 heavy (non-hydrogen) atoms. The summed E-state index contributed by atoms with van der Waals surface area (Å²) >= 11 is -2.03. The molecule has 2 aliphatic rings. The van der Waals surface area contributed by atoms with Crippen molar-refractivity contribution in [2.45, 2.75) is 66.2 Å². The normalized spacial score (nSPS) is 13.5. The molecular weight excluding hydrogens is 486 g/mol. The summed E-state index contributed by atoms with van der Waals surface area (Å²) in [5.74, 6) is 1.17. The van der Waals surface area contributed by atoms with Gasteiger partial charge in [-0.1, -0.05) is 0 Å². The van der Waals surface area contributed by atoms with E-state index in [9.17, 15) is 0 Å². The third-order valence-corrected chi connectivity index (χ3v) is 13.9. The number of hydrogen-bond acceptors (Lipinski definition) is 0. The quantitative estimate of drug-likeness (QED) is 0.331. The van der Waals surface area contributed by atoms with Crippen molar-refractivity contribution in [2.24, 2.45) is 0 Å². The van der Waals surface area contributed by atoms with E-state index in [1.54, 1.807) is 26.4 Å². The maximum Gasteiger partial charge on any atom is -0.147 e. The first-order valence-corrected chi connectivity index (χ1v) is 14.4. The maximum absolute atomic E-state index is 2.47. The van der Waals surface area contributed by atoms with Crippen molar-refractivity contribution in [3.63, 3.8) is 0 Å². The van der Waals surface area contributed by atoms with Crippen LogP contribution in [0.15, 0.2) is 51.8 Å². The van der Waals surface area contributed by atoms with E-state index in [1.807, 2.05) is 0 Å². The SMILES string of the molecule is C[C](C)=[Zr]([C]1=CC=CC1)[c]1c(C(C)C)ccc2c1Cc1cc(C(C)C)ccc1-2.Cl.Cl. The van der Waals surface area contributed by atoms with Crippen molar-refractivity contribution < 1.29 is 21.3 Å². The van der Waals surface area contributed by atoms with Crippen LogP contribution in [0.5, 0.6) is 0 Å². The van der Waals surface area contributed by atoms with Crippen LogP contribution in [0.2, 0.25) is 0 Å². The van der Waals surface area contributed by atoms with Gasteiger partial charge in [-0.05, 0) is 0 Å². The summed E-state index contributed by atoms with van der Waals surface area (Å²) in [5.41, 5.74) is 9.27. The van der Waals surface area contributed by atoms with Crippen molar-refractivity contribution in [1.82, 2.24) is 0 Å². The molecule has 0 amide bonds. The molecule has 0 nitrogen and oxygen atoms in total. The molecule has 0 radical (unpaired) electrons. The minimum atomic E-state index is -2.03. The Balaban J connectivity index is 0.00000160. The molecule has 0 aliphatic heterocycles. The molecule has 0 bridgehead atoms. The Morgan fingerprint density at radius 1 is 0.900 bits per heavy atom. The molecule has 0 N–H and O–H groups in total. The maximum atomic E-state index is 2.47. The monoisotopic (exact) mass is 518 g/mol. The molecule has 2 aliphatic carbocycles. The second kappa shape index (κ2) is 10.2. The first-order valence-electron chi connectivity index (χ1n) is 10.7. The number of allylic oxidation sites excluding steroid dienone is 4. The average molecular weight is 521 g/mol. The van der Waals surface area contributed by atoms with Crippen LogP contribution in [0.1, 0.15) is 82.1 Å². The van der Waals surface area contributed by atoms with Crippen LogP contribution in [-0.4, -0.2) is 3.21 Å². The molecule has 2 aromatic carbocycles. The van der Waals surface area contributed by atoms with Gasteiger partial charge in [-0.25, -0.2) is 0 Å². The van der Waals surface area contributed by atoms with Crippen LogP contribution in [0.3, 0.4) is 0 Å². The number of fused-ring (bicyclic) bond motifs is 3. The Bertz CT molecular complexity index is 1040. The Morgan fingerprint density at radius 2 is 1.60 bits per heavy atom. The summed E-state index contributed by atoms with van der Waals surface area (Å²) in [6.07, 6.45) is 9.36. The fraction of sp³-hybridized carbons (Fsp3) is 0.370. The first kappa shape index (κ1) is 25.5. The van der Waals surface area contributed by atoms with Gasteiger partial charge >= 0.3 is 179 Å². The van der Waals surface area contributed by atoms with E-state index in [-0.39, 0.29) is 24.8 Å². The van der Waals surface area contributed by atoms with Gasteiger partial charge in [-0.3, -0.25) is 0 Å². The van der Waals surface area contributed by atoms with Crippen LogP contribution in [0.4, 0.5) is 0 Å². The van der Waals surface area contributed by atoms with E-state index < -0.39 is 21.3 Å². The van der Waals surface area contributed by atoms with Gasteiger partial charge in [0.15, 0.2) is 0 Å². The van der Waals surface area contributed by atoms with Crippen molar-refractivity contribution >= 4 is 31.3 Å².